The number of amides is 4. The maximum Gasteiger partial charge on any atom is 0.416 e. The highest BCUT2D eigenvalue weighted by Crippen LogP contribution is 2.33. The van der Waals surface area contributed by atoms with Crippen LogP contribution < -0.4 is 21.7 Å². The van der Waals surface area contributed by atoms with E-state index < -0.39 is 35.2 Å². The zero-order chi connectivity index (χ0) is 26.6. The molecular formula is C23H22F4N6O3. The van der Waals surface area contributed by atoms with Gasteiger partial charge >= 0.3 is 12.2 Å². The molecule has 3 rings (SSSR count). The SMILES string of the molecule is CN(C)CC(=O)Nc1c[nH]c(C(N)=O)c1-c1ccc(NC(=O)Nc2cc(C(F)(F)F)ccc2F)cc1. The number of rotatable bonds is 7. The normalized spacial score (nSPS) is 11.3. The highest BCUT2D eigenvalue weighted by atomic mass is 19.4. The van der Waals surface area contributed by atoms with Crippen molar-refractivity contribution in [1.82, 2.24) is 9.88 Å². The standard InChI is InChI=1S/C23H22F4N6O3/c1-33(2)11-18(34)31-17-10-29-20(21(28)35)19(17)12-3-6-14(7-4-12)30-22(36)32-16-9-13(23(25,26)27)5-8-15(16)24/h3-10,29H,11H2,1-2H3,(H2,28,35)(H,31,34)(H2,30,32,36). The van der Waals surface area contributed by atoms with Gasteiger partial charge in [-0.1, -0.05) is 12.1 Å². The Kier molecular flexibility index (Phi) is 7.63. The van der Waals surface area contributed by atoms with Crippen molar-refractivity contribution in [2.24, 2.45) is 5.73 Å². The van der Waals surface area contributed by atoms with Gasteiger partial charge in [-0.2, -0.15) is 13.2 Å². The molecule has 0 aliphatic heterocycles. The Morgan fingerprint density at radius 1 is 0.972 bits per heavy atom. The minimum absolute atomic E-state index is 0.0497. The Labute approximate surface area is 202 Å². The Morgan fingerprint density at radius 2 is 1.64 bits per heavy atom. The minimum atomic E-state index is -4.71. The number of likely N-dealkylation sites (N-methyl/N-ethyl adjacent to an activating group) is 1. The number of nitrogens with one attached hydrogen (secondary N) is 4. The summed E-state index contributed by atoms with van der Waals surface area (Å²) in [5.41, 5.74) is 5.06. The molecule has 1 aromatic heterocycles. The van der Waals surface area contributed by atoms with Crippen molar-refractivity contribution in [2.75, 3.05) is 36.6 Å². The second-order valence-corrected chi connectivity index (χ2v) is 7.95. The van der Waals surface area contributed by atoms with Crippen molar-refractivity contribution in [1.29, 1.82) is 0 Å². The summed E-state index contributed by atoms with van der Waals surface area (Å²) in [5.74, 6) is -2.13. The molecule has 0 aliphatic carbocycles. The van der Waals surface area contributed by atoms with Gasteiger partial charge in [0, 0.05) is 17.4 Å². The minimum Gasteiger partial charge on any atom is -0.364 e. The van der Waals surface area contributed by atoms with Gasteiger partial charge in [0.2, 0.25) is 5.91 Å². The van der Waals surface area contributed by atoms with Crippen molar-refractivity contribution < 1.29 is 31.9 Å². The fraction of sp³-hybridized carbons (Fsp3) is 0.174. The summed E-state index contributed by atoms with van der Waals surface area (Å²) in [5, 5.41) is 7.12. The van der Waals surface area contributed by atoms with E-state index in [9.17, 15) is 31.9 Å². The lowest BCUT2D eigenvalue weighted by atomic mass is 10.0. The second-order valence-electron chi connectivity index (χ2n) is 7.95. The largest absolute Gasteiger partial charge is 0.416 e. The van der Waals surface area contributed by atoms with Crippen LogP contribution in [0.25, 0.3) is 11.1 Å². The molecule has 0 saturated carbocycles. The third-order valence-corrected chi connectivity index (χ3v) is 4.83. The van der Waals surface area contributed by atoms with Crippen LogP contribution in [0.3, 0.4) is 0 Å². The summed E-state index contributed by atoms with van der Waals surface area (Å²) in [7, 11) is 3.44. The van der Waals surface area contributed by atoms with Gasteiger partial charge in [0.15, 0.2) is 0 Å². The topological polar surface area (TPSA) is 132 Å². The van der Waals surface area contributed by atoms with E-state index >= 15 is 0 Å². The lowest BCUT2D eigenvalue weighted by Crippen LogP contribution is -2.27. The molecule has 0 atom stereocenters. The predicted molar refractivity (Wildman–Crippen MR) is 126 cm³/mol. The highest BCUT2D eigenvalue weighted by Gasteiger charge is 2.31. The number of anilines is 3. The number of benzene rings is 2. The summed E-state index contributed by atoms with van der Waals surface area (Å²) in [4.78, 5) is 40.7. The molecular weight excluding hydrogens is 484 g/mol. The molecule has 2 aromatic carbocycles. The number of urea groups is 1. The quantitative estimate of drug-likeness (QED) is 0.309. The van der Waals surface area contributed by atoms with E-state index in [-0.39, 0.29) is 23.8 Å². The maximum atomic E-state index is 13.9. The van der Waals surface area contributed by atoms with Crippen LogP contribution in [0.5, 0.6) is 0 Å². The first-order chi connectivity index (χ1) is 16.8. The van der Waals surface area contributed by atoms with Crippen molar-refractivity contribution >= 4 is 34.9 Å². The summed E-state index contributed by atoms with van der Waals surface area (Å²) in [6, 6.07) is 6.63. The number of halogens is 4. The molecule has 190 valence electrons. The first-order valence-electron chi connectivity index (χ1n) is 10.4. The van der Waals surface area contributed by atoms with Crippen LogP contribution in [-0.4, -0.2) is 48.4 Å². The van der Waals surface area contributed by atoms with Crippen molar-refractivity contribution in [2.45, 2.75) is 6.18 Å². The average molecular weight is 506 g/mol. The van der Waals surface area contributed by atoms with Crippen molar-refractivity contribution in [3.8, 4) is 11.1 Å². The molecule has 4 amide bonds. The van der Waals surface area contributed by atoms with Gasteiger partial charge < -0.3 is 31.6 Å². The number of nitrogens with two attached hydrogens (primary N) is 1. The molecule has 0 fully saturated rings. The molecule has 1 heterocycles. The molecule has 36 heavy (non-hydrogen) atoms. The van der Waals surface area contributed by atoms with Crippen LogP contribution in [0.15, 0.2) is 48.7 Å². The molecule has 0 saturated heterocycles. The number of carbonyl (C=O) groups is 3. The first kappa shape index (κ1) is 26.2. The molecule has 3 aromatic rings. The third kappa shape index (κ3) is 6.39. The maximum absolute atomic E-state index is 13.9. The average Bonchev–Trinajstić information content (AvgIpc) is 3.18. The monoisotopic (exact) mass is 506 g/mol. The van der Waals surface area contributed by atoms with Gasteiger partial charge in [-0.3, -0.25) is 9.59 Å². The number of H-pyrrole nitrogens is 1. The molecule has 0 spiro atoms. The molecule has 6 N–H and O–H groups in total. The van der Waals surface area contributed by atoms with E-state index in [0.717, 1.165) is 0 Å². The summed E-state index contributed by atoms with van der Waals surface area (Å²) in [6.45, 7) is 0.0982. The molecule has 13 heteroatoms. The number of carbonyl (C=O) groups excluding carboxylic acids is 3. The zero-order valence-electron chi connectivity index (χ0n) is 19.1. The molecule has 0 unspecified atom stereocenters. The van der Waals surface area contributed by atoms with Crippen LogP contribution in [0.2, 0.25) is 0 Å². The first-order valence-corrected chi connectivity index (χ1v) is 10.4. The second kappa shape index (κ2) is 10.5. The number of nitrogens with zero attached hydrogens (tertiary/aromatic N) is 1. The van der Waals surface area contributed by atoms with Gasteiger partial charge in [-0.15, -0.1) is 0 Å². The van der Waals surface area contributed by atoms with Crippen LogP contribution in [0.4, 0.5) is 39.4 Å². The van der Waals surface area contributed by atoms with E-state index in [4.69, 9.17) is 5.73 Å². The van der Waals surface area contributed by atoms with Crippen LogP contribution in [-0.2, 0) is 11.0 Å². The highest BCUT2D eigenvalue weighted by molar-refractivity contribution is 6.06. The Hall–Kier alpha value is -4.39. The van der Waals surface area contributed by atoms with E-state index in [0.29, 0.717) is 35.0 Å². The molecule has 0 bridgehead atoms. The Bertz CT molecular complexity index is 1290. The smallest absolute Gasteiger partial charge is 0.364 e. The van der Waals surface area contributed by atoms with Gasteiger partial charge in [-0.25, -0.2) is 9.18 Å². The number of aromatic nitrogens is 1. The zero-order valence-corrected chi connectivity index (χ0v) is 19.1. The fourth-order valence-electron chi connectivity index (χ4n) is 3.30. The summed E-state index contributed by atoms with van der Waals surface area (Å²) < 4.78 is 52.5. The number of hydrogen-bond donors (Lipinski definition) is 5. The van der Waals surface area contributed by atoms with Crippen LogP contribution in [0, 0.1) is 5.82 Å². The van der Waals surface area contributed by atoms with E-state index in [1.54, 1.807) is 19.0 Å². The van der Waals surface area contributed by atoms with Crippen LogP contribution >= 0.6 is 0 Å². The lowest BCUT2D eigenvalue weighted by Gasteiger charge is -2.13. The van der Waals surface area contributed by atoms with Crippen molar-refractivity contribution in [3.05, 3.63) is 65.7 Å². The van der Waals surface area contributed by atoms with E-state index in [1.807, 2.05) is 5.32 Å². The number of hydrogen-bond acceptors (Lipinski definition) is 4. The number of alkyl halides is 3. The van der Waals surface area contributed by atoms with Crippen LogP contribution in [0.1, 0.15) is 16.1 Å². The lowest BCUT2D eigenvalue weighted by molar-refractivity contribution is -0.137. The third-order valence-electron chi connectivity index (χ3n) is 4.83. The van der Waals surface area contributed by atoms with E-state index in [2.05, 4.69) is 15.6 Å². The van der Waals surface area contributed by atoms with Gasteiger partial charge in [0.1, 0.15) is 11.5 Å². The van der Waals surface area contributed by atoms with Gasteiger partial charge in [0.05, 0.1) is 23.5 Å². The molecule has 9 nitrogen and oxygen atoms in total. The Morgan fingerprint density at radius 3 is 2.22 bits per heavy atom. The fourth-order valence-corrected chi connectivity index (χ4v) is 3.30. The molecule has 0 radical (unpaired) electrons. The Balaban J connectivity index is 1.78. The number of aromatic amines is 1. The summed E-state index contributed by atoms with van der Waals surface area (Å²) in [6.07, 6.45) is -3.28. The predicted octanol–water partition coefficient (Wildman–Crippen LogP) is 4.08. The van der Waals surface area contributed by atoms with E-state index in [1.165, 1.54) is 30.5 Å². The van der Waals surface area contributed by atoms with Gasteiger partial charge in [0.25, 0.3) is 5.91 Å². The van der Waals surface area contributed by atoms with Gasteiger partial charge in [-0.05, 0) is 50.0 Å². The summed E-state index contributed by atoms with van der Waals surface area (Å²) >= 11 is 0. The number of primary amides is 1. The molecule has 0 aliphatic rings. The van der Waals surface area contributed by atoms with Crippen molar-refractivity contribution in [3.63, 3.8) is 0 Å².